The van der Waals surface area contributed by atoms with Crippen LogP contribution in [0.2, 0.25) is 0 Å². The van der Waals surface area contributed by atoms with Gasteiger partial charge in [-0.15, -0.1) is 10.2 Å². The third kappa shape index (κ3) is 2.81. The van der Waals surface area contributed by atoms with Crippen molar-refractivity contribution in [2.24, 2.45) is 0 Å². The Balaban J connectivity index is 1.84. The molecule has 2 heterocycles. The van der Waals surface area contributed by atoms with Crippen LogP contribution in [0.1, 0.15) is 24.4 Å². The zero-order valence-electron chi connectivity index (χ0n) is 10.7. The maximum absolute atomic E-state index is 13.1. The van der Waals surface area contributed by atoms with Crippen molar-refractivity contribution in [2.45, 2.75) is 25.4 Å². The van der Waals surface area contributed by atoms with E-state index < -0.39 is 0 Å². The van der Waals surface area contributed by atoms with E-state index in [2.05, 4.69) is 15.1 Å². The SMILES string of the molecule is Fc1ccc([C@@H](Cn2cnnc2)N2CCCC2)cc1. The molecule has 0 saturated carbocycles. The summed E-state index contributed by atoms with van der Waals surface area (Å²) in [5.74, 6) is -0.187. The molecule has 1 aliphatic heterocycles. The van der Waals surface area contributed by atoms with Gasteiger partial charge in [0, 0.05) is 6.54 Å². The van der Waals surface area contributed by atoms with Crippen molar-refractivity contribution < 1.29 is 4.39 Å². The first-order valence-electron chi connectivity index (χ1n) is 6.65. The Kier molecular flexibility index (Phi) is 3.55. The number of likely N-dealkylation sites (tertiary alicyclic amines) is 1. The van der Waals surface area contributed by atoms with Crippen molar-refractivity contribution in [3.8, 4) is 0 Å². The third-order valence-electron chi connectivity index (χ3n) is 3.69. The number of halogens is 1. The molecule has 0 aliphatic carbocycles. The number of hydrogen-bond donors (Lipinski definition) is 0. The second kappa shape index (κ2) is 5.48. The van der Waals surface area contributed by atoms with Crippen LogP contribution in [0, 0.1) is 5.82 Å². The number of aromatic nitrogens is 3. The lowest BCUT2D eigenvalue weighted by molar-refractivity contribution is 0.221. The van der Waals surface area contributed by atoms with Gasteiger partial charge in [-0.05, 0) is 43.6 Å². The van der Waals surface area contributed by atoms with Gasteiger partial charge in [-0.1, -0.05) is 12.1 Å². The molecule has 0 unspecified atom stereocenters. The number of nitrogens with zero attached hydrogens (tertiary/aromatic N) is 4. The first kappa shape index (κ1) is 12.3. The highest BCUT2D eigenvalue weighted by atomic mass is 19.1. The minimum absolute atomic E-state index is 0.187. The van der Waals surface area contributed by atoms with Crippen LogP contribution >= 0.6 is 0 Å². The molecule has 0 bridgehead atoms. The monoisotopic (exact) mass is 260 g/mol. The highest BCUT2D eigenvalue weighted by molar-refractivity contribution is 5.20. The first-order chi connectivity index (χ1) is 9.33. The molecule has 19 heavy (non-hydrogen) atoms. The third-order valence-corrected chi connectivity index (χ3v) is 3.69. The quantitative estimate of drug-likeness (QED) is 0.845. The summed E-state index contributed by atoms with van der Waals surface area (Å²) >= 11 is 0. The fraction of sp³-hybridized carbons (Fsp3) is 0.429. The summed E-state index contributed by atoms with van der Waals surface area (Å²) in [6.07, 6.45) is 5.93. The average Bonchev–Trinajstić information content (AvgIpc) is 3.11. The van der Waals surface area contributed by atoms with Crippen molar-refractivity contribution in [2.75, 3.05) is 13.1 Å². The van der Waals surface area contributed by atoms with Crippen molar-refractivity contribution in [1.29, 1.82) is 0 Å². The van der Waals surface area contributed by atoms with E-state index in [9.17, 15) is 4.39 Å². The molecule has 0 radical (unpaired) electrons. The van der Waals surface area contributed by atoms with Crippen LogP contribution < -0.4 is 0 Å². The van der Waals surface area contributed by atoms with Gasteiger partial charge in [0.15, 0.2) is 0 Å². The molecular weight excluding hydrogens is 243 g/mol. The minimum Gasteiger partial charge on any atom is -0.318 e. The Labute approximate surface area is 111 Å². The smallest absolute Gasteiger partial charge is 0.123 e. The van der Waals surface area contributed by atoms with Gasteiger partial charge in [0.25, 0.3) is 0 Å². The van der Waals surface area contributed by atoms with Gasteiger partial charge in [0.1, 0.15) is 18.5 Å². The topological polar surface area (TPSA) is 34.0 Å². The van der Waals surface area contributed by atoms with E-state index in [-0.39, 0.29) is 11.9 Å². The zero-order valence-corrected chi connectivity index (χ0v) is 10.7. The summed E-state index contributed by atoms with van der Waals surface area (Å²) in [4.78, 5) is 2.45. The molecule has 5 heteroatoms. The molecular formula is C14H17FN4. The zero-order chi connectivity index (χ0) is 13.1. The van der Waals surface area contributed by atoms with Gasteiger partial charge >= 0.3 is 0 Å². The number of benzene rings is 1. The van der Waals surface area contributed by atoms with Gasteiger partial charge < -0.3 is 4.57 Å². The van der Waals surface area contributed by atoms with Crippen LogP contribution in [-0.2, 0) is 6.54 Å². The predicted octanol–water partition coefficient (Wildman–Crippen LogP) is 2.25. The summed E-state index contributed by atoms with van der Waals surface area (Å²) in [7, 11) is 0. The van der Waals surface area contributed by atoms with Crippen LogP contribution in [0.25, 0.3) is 0 Å². The molecule has 1 aliphatic rings. The summed E-state index contributed by atoms with van der Waals surface area (Å²) in [5.41, 5.74) is 1.15. The van der Waals surface area contributed by atoms with Crippen LogP contribution in [-0.4, -0.2) is 32.8 Å². The molecule has 0 spiro atoms. The van der Waals surface area contributed by atoms with E-state index >= 15 is 0 Å². The highest BCUT2D eigenvalue weighted by Gasteiger charge is 2.23. The van der Waals surface area contributed by atoms with E-state index in [1.54, 1.807) is 12.7 Å². The van der Waals surface area contributed by atoms with Gasteiger partial charge in [-0.2, -0.15) is 0 Å². The molecule has 3 rings (SSSR count). The lowest BCUT2D eigenvalue weighted by Crippen LogP contribution is -2.29. The maximum atomic E-state index is 13.1. The Hall–Kier alpha value is -1.75. The van der Waals surface area contributed by atoms with Crippen LogP contribution in [0.5, 0.6) is 0 Å². The van der Waals surface area contributed by atoms with Gasteiger partial charge in [0.05, 0.1) is 6.04 Å². The molecule has 100 valence electrons. The number of rotatable bonds is 4. The van der Waals surface area contributed by atoms with Crippen LogP contribution in [0.15, 0.2) is 36.9 Å². The maximum Gasteiger partial charge on any atom is 0.123 e. The molecule has 0 N–H and O–H groups in total. The Morgan fingerprint density at radius 1 is 1.05 bits per heavy atom. The average molecular weight is 260 g/mol. The van der Waals surface area contributed by atoms with E-state index in [0.717, 1.165) is 25.2 Å². The molecule has 1 atom stereocenters. The molecule has 2 aromatic rings. The minimum atomic E-state index is -0.187. The molecule has 1 saturated heterocycles. The van der Waals surface area contributed by atoms with Crippen molar-refractivity contribution in [3.63, 3.8) is 0 Å². The second-order valence-corrected chi connectivity index (χ2v) is 4.97. The normalized spacial score (nSPS) is 17.7. The number of hydrogen-bond acceptors (Lipinski definition) is 3. The molecule has 4 nitrogen and oxygen atoms in total. The standard InChI is InChI=1S/C14H17FN4/c15-13-5-3-12(4-6-13)14(19-7-1-2-8-19)9-18-10-16-17-11-18/h3-6,10-11,14H,1-2,7-9H2/t14-/m1/s1. The largest absolute Gasteiger partial charge is 0.318 e. The summed E-state index contributed by atoms with van der Waals surface area (Å²) in [6, 6.07) is 7.08. The van der Waals surface area contributed by atoms with E-state index in [1.807, 2.05) is 16.7 Å². The molecule has 1 aromatic heterocycles. The predicted molar refractivity (Wildman–Crippen MR) is 70.0 cm³/mol. The summed E-state index contributed by atoms with van der Waals surface area (Å²) in [6.45, 7) is 3.01. The fourth-order valence-electron chi connectivity index (χ4n) is 2.69. The van der Waals surface area contributed by atoms with E-state index in [4.69, 9.17) is 0 Å². The lowest BCUT2D eigenvalue weighted by atomic mass is 10.1. The molecule has 1 aromatic carbocycles. The second-order valence-electron chi connectivity index (χ2n) is 4.97. The van der Waals surface area contributed by atoms with Crippen LogP contribution in [0.3, 0.4) is 0 Å². The van der Waals surface area contributed by atoms with Gasteiger partial charge in [0.2, 0.25) is 0 Å². The fourth-order valence-corrected chi connectivity index (χ4v) is 2.69. The van der Waals surface area contributed by atoms with E-state index in [1.165, 1.54) is 25.0 Å². The van der Waals surface area contributed by atoms with Crippen molar-refractivity contribution >= 4 is 0 Å². The molecule has 0 amide bonds. The van der Waals surface area contributed by atoms with Gasteiger partial charge in [-0.25, -0.2) is 4.39 Å². The summed E-state index contributed by atoms with van der Waals surface area (Å²) < 4.78 is 15.0. The van der Waals surface area contributed by atoms with Gasteiger partial charge in [-0.3, -0.25) is 4.90 Å². The highest BCUT2D eigenvalue weighted by Crippen LogP contribution is 2.26. The lowest BCUT2D eigenvalue weighted by Gasteiger charge is -2.28. The first-order valence-corrected chi connectivity index (χ1v) is 6.65. The Morgan fingerprint density at radius 3 is 2.32 bits per heavy atom. The summed E-state index contributed by atoms with van der Waals surface area (Å²) in [5, 5.41) is 7.69. The van der Waals surface area contributed by atoms with Crippen molar-refractivity contribution in [3.05, 3.63) is 48.3 Å². The van der Waals surface area contributed by atoms with Crippen LogP contribution in [0.4, 0.5) is 4.39 Å². The molecule has 1 fully saturated rings. The Morgan fingerprint density at radius 2 is 1.68 bits per heavy atom. The van der Waals surface area contributed by atoms with Crippen molar-refractivity contribution in [1.82, 2.24) is 19.7 Å². The van der Waals surface area contributed by atoms with E-state index in [0.29, 0.717) is 0 Å². The Bertz CT molecular complexity index is 503.